The molecule has 0 aliphatic carbocycles. The molecule has 116 valence electrons. The molecule has 0 N–H and O–H groups in total. The number of hydrogen-bond donors (Lipinski definition) is 0. The summed E-state index contributed by atoms with van der Waals surface area (Å²) in [5, 5.41) is 0. The lowest BCUT2D eigenvalue weighted by Gasteiger charge is -1.99. The summed E-state index contributed by atoms with van der Waals surface area (Å²) in [5.74, 6) is -0.484. The Bertz CT molecular complexity index is 511. The van der Waals surface area contributed by atoms with Crippen molar-refractivity contribution in [3.05, 3.63) is 71.8 Å². The summed E-state index contributed by atoms with van der Waals surface area (Å²) in [6.07, 6.45) is 0. The third-order valence-electron chi connectivity index (χ3n) is 2.57. The van der Waals surface area contributed by atoms with Crippen LogP contribution in [-0.4, -0.2) is 11.9 Å². The molecule has 0 bridgehead atoms. The molecule has 0 atom stereocenters. The van der Waals surface area contributed by atoms with Crippen LogP contribution < -0.4 is 0 Å². The minimum absolute atomic E-state index is 0.242. The third-order valence-corrected chi connectivity index (χ3v) is 2.57. The van der Waals surface area contributed by atoms with Gasteiger partial charge >= 0.3 is 11.9 Å². The maximum Gasteiger partial charge on any atom is 0.302 e. The molecule has 0 aliphatic heterocycles. The van der Waals surface area contributed by atoms with Gasteiger partial charge < -0.3 is 9.47 Å². The Hall–Kier alpha value is -2.62. The highest BCUT2D eigenvalue weighted by Gasteiger charge is 1.94. The second kappa shape index (κ2) is 10.2. The summed E-state index contributed by atoms with van der Waals surface area (Å²) in [7, 11) is 0. The standard InChI is InChI=1S/2C9H10O2/c2*1-8(10)11-7-9-5-3-2-4-6-9/h2*2-6H,7H2,1H3. The average Bonchev–Trinajstić information content (AvgIpc) is 2.53. The Kier molecular flexibility index (Phi) is 8.05. The van der Waals surface area contributed by atoms with Gasteiger partial charge in [-0.1, -0.05) is 60.7 Å². The second-order valence-corrected chi connectivity index (χ2v) is 4.53. The fourth-order valence-corrected chi connectivity index (χ4v) is 1.52. The van der Waals surface area contributed by atoms with E-state index in [1.165, 1.54) is 13.8 Å². The Morgan fingerprint density at radius 2 is 1.00 bits per heavy atom. The first kappa shape index (κ1) is 17.4. The maximum atomic E-state index is 10.4. The quantitative estimate of drug-likeness (QED) is 0.811. The molecule has 0 spiro atoms. The lowest BCUT2D eigenvalue weighted by atomic mass is 10.2. The Balaban J connectivity index is 0.000000220. The van der Waals surface area contributed by atoms with Crippen molar-refractivity contribution >= 4 is 11.9 Å². The first-order valence-corrected chi connectivity index (χ1v) is 6.92. The van der Waals surface area contributed by atoms with Crippen molar-refractivity contribution in [1.82, 2.24) is 0 Å². The van der Waals surface area contributed by atoms with Gasteiger partial charge in [0.2, 0.25) is 0 Å². The van der Waals surface area contributed by atoms with Gasteiger partial charge in [-0.25, -0.2) is 0 Å². The van der Waals surface area contributed by atoms with Gasteiger partial charge in [0.05, 0.1) is 0 Å². The minimum atomic E-state index is -0.242. The van der Waals surface area contributed by atoms with E-state index in [-0.39, 0.29) is 11.9 Å². The molecule has 0 aliphatic rings. The van der Waals surface area contributed by atoms with Crippen molar-refractivity contribution in [2.45, 2.75) is 27.1 Å². The molecule has 0 unspecified atom stereocenters. The van der Waals surface area contributed by atoms with Gasteiger partial charge in [0, 0.05) is 13.8 Å². The summed E-state index contributed by atoms with van der Waals surface area (Å²) >= 11 is 0. The van der Waals surface area contributed by atoms with Crippen LogP contribution >= 0.6 is 0 Å². The van der Waals surface area contributed by atoms with Gasteiger partial charge in [0.15, 0.2) is 0 Å². The molecule has 2 aromatic carbocycles. The Morgan fingerprint density at radius 1 is 0.682 bits per heavy atom. The number of esters is 2. The largest absolute Gasteiger partial charge is 0.461 e. The van der Waals surface area contributed by atoms with Crippen molar-refractivity contribution in [3.63, 3.8) is 0 Å². The van der Waals surface area contributed by atoms with Crippen LogP contribution in [0.2, 0.25) is 0 Å². The molecule has 0 fully saturated rings. The van der Waals surface area contributed by atoms with Gasteiger partial charge in [-0.3, -0.25) is 9.59 Å². The van der Waals surface area contributed by atoms with Gasteiger partial charge in [-0.2, -0.15) is 0 Å². The summed E-state index contributed by atoms with van der Waals surface area (Å²) in [5.41, 5.74) is 2.03. The molecule has 4 heteroatoms. The van der Waals surface area contributed by atoms with Crippen molar-refractivity contribution in [2.75, 3.05) is 0 Å². The molecular weight excluding hydrogens is 280 g/mol. The van der Waals surface area contributed by atoms with Gasteiger partial charge in [0.1, 0.15) is 13.2 Å². The molecule has 4 nitrogen and oxygen atoms in total. The number of carbonyl (C=O) groups is 2. The van der Waals surface area contributed by atoms with Crippen LogP contribution in [0.25, 0.3) is 0 Å². The summed E-state index contributed by atoms with van der Waals surface area (Å²) < 4.78 is 9.58. The number of rotatable bonds is 4. The zero-order valence-corrected chi connectivity index (χ0v) is 12.8. The fourth-order valence-electron chi connectivity index (χ4n) is 1.52. The smallest absolute Gasteiger partial charge is 0.302 e. The summed E-state index contributed by atoms with van der Waals surface area (Å²) in [6.45, 7) is 3.55. The van der Waals surface area contributed by atoms with E-state index in [0.717, 1.165) is 11.1 Å². The number of hydrogen-bond acceptors (Lipinski definition) is 4. The molecule has 0 heterocycles. The third kappa shape index (κ3) is 8.53. The molecule has 2 aromatic rings. The van der Waals surface area contributed by atoms with Crippen LogP contribution in [-0.2, 0) is 32.3 Å². The molecule has 2 rings (SSSR count). The molecule has 0 radical (unpaired) electrons. The Morgan fingerprint density at radius 3 is 1.27 bits per heavy atom. The van der Waals surface area contributed by atoms with E-state index >= 15 is 0 Å². The van der Waals surface area contributed by atoms with Crippen molar-refractivity contribution in [1.29, 1.82) is 0 Å². The van der Waals surface area contributed by atoms with E-state index < -0.39 is 0 Å². The topological polar surface area (TPSA) is 52.6 Å². The summed E-state index contributed by atoms with van der Waals surface area (Å²) in [6, 6.07) is 19.2. The van der Waals surface area contributed by atoms with E-state index in [9.17, 15) is 9.59 Å². The zero-order valence-electron chi connectivity index (χ0n) is 12.8. The highest BCUT2D eigenvalue weighted by Crippen LogP contribution is 2.00. The van der Waals surface area contributed by atoms with Gasteiger partial charge in [-0.15, -0.1) is 0 Å². The van der Waals surface area contributed by atoms with Crippen LogP contribution in [0.4, 0.5) is 0 Å². The first-order valence-electron chi connectivity index (χ1n) is 6.92. The van der Waals surface area contributed by atoms with E-state index in [1.54, 1.807) is 0 Å². The molecule has 0 amide bonds. The SMILES string of the molecule is CC(=O)OCc1ccccc1.CC(=O)OCc1ccccc1. The van der Waals surface area contributed by atoms with Crippen molar-refractivity contribution in [3.8, 4) is 0 Å². The maximum absolute atomic E-state index is 10.4. The minimum Gasteiger partial charge on any atom is -0.461 e. The molecule has 0 saturated heterocycles. The predicted molar refractivity (Wildman–Crippen MR) is 83.8 cm³/mol. The van der Waals surface area contributed by atoms with Crippen molar-refractivity contribution < 1.29 is 19.1 Å². The van der Waals surface area contributed by atoms with Gasteiger partial charge in [-0.05, 0) is 11.1 Å². The average molecular weight is 300 g/mol. The van der Waals surface area contributed by atoms with Crippen LogP contribution in [0.15, 0.2) is 60.7 Å². The first-order chi connectivity index (χ1) is 10.6. The van der Waals surface area contributed by atoms with E-state index in [1.807, 2.05) is 60.7 Å². The van der Waals surface area contributed by atoms with E-state index in [0.29, 0.717) is 13.2 Å². The summed E-state index contributed by atoms with van der Waals surface area (Å²) in [4.78, 5) is 20.8. The van der Waals surface area contributed by atoms with Crippen LogP contribution in [0.1, 0.15) is 25.0 Å². The highest BCUT2D eigenvalue weighted by atomic mass is 16.5. The highest BCUT2D eigenvalue weighted by molar-refractivity contribution is 5.66. The lowest BCUT2D eigenvalue weighted by Crippen LogP contribution is -1.97. The lowest BCUT2D eigenvalue weighted by molar-refractivity contribution is -0.143. The van der Waals surface area contributed by atoms with Gasteiger partial charge in [0.25, 0.3) is 0 Å². The van der Waals surface area contributed by atoms with Crippen LogP contribution in [0.3, 0.4) is 0 Å². The predicted octanol–water partition coefficient (Wildman–Crippen LogP) is 3.50. The number of benzene rings is 2. The molecule has 0 aromatic heterocycles. The van der Waals surface area contributed by atoms with Crippen LogP contribution in [0, 0.1) is 0 Å². The second-order valence-electron chi connectivity index (χ2n) is 4.53. The number of ether oxygens (including phenoxy) is 2. The van der Waals surface area contributed by atoms with Crippen molar-refractivity contribution in [2.24, 2.45) is 0 Å². The monoisotopic (exact) mass is 300 g/mol. The molecular formula is C18H20O4. The molecule has 22 heavy (non-hydrogen) atoms. The Labute approximate surface area is 130 Å². The fraction of sp³-hybridized carbons (Fsp3) is 0.222. The zero-order chi connectivity index (χ0) is 16.2. The van der Waals surface area contributed by atoms with Crippen LogP contribution in [0.5, 0.6) is 0 Å². The normalized spacial score (nSPS) is 9.18. The van der Waals surface area contributed by atoms with E-state index in [2.05, 4.69) is 0 Å². The molecule has 0 saturated carbocycles. The van der Waals surface area contributed by atoms with E-state index in [4.69, 9.17) is 9.47 Å². The number of carbonyl (C=O) groups excluding carboxylic acids is 2.